The Hall–Kier alpha value is -2.64. The number of hydrogen-bond donors (Lipinski definition) is 1. The van der Waals surface area contributed by atoms with Crippen molar-refractivity contribution in [2.24, 2.45) is 0 Å². The highest BCUT2D eigenvalue weighted by molar-refractivity contribution is 5.90. The molecule has 1 amide bonds. The summed E-state index contributed by atoms with van der Waals surface area (Å²) in [4.78, 5) is 24.0. The average Bonchev–Trinajstić information content (AvgIpc) is 3.18. The Morgan fingerprint density at radius 1 is 1.45 bits per heavy atom. The van der Waals surface area contributed by atoms with Gasteiger partial charge in [0.15, 0.2) is 11.6 Å². The average molecular weight is 302 g/mol. The van der Waals surface area contributed by atoms with E-state index in [1.807, 2.05) is 31.1 Å². The molecule has 2 aromatic rings. The van der Waals surface area contributed by atoms with Crippen molar-refractivity contribution in [2.45, 2.75) is 12.5 Å². The molecule has 2 aromatic heterocycles. The number of carbonyl (C=O) groups excluding carboxylic acids is 1. The molecule has 1 atom stereocenters. The number of hydrogen-bond acceptors (Lipinski definition) is 6. The summed E-state index contributed by atoms with van der Waals surface area (Å²) < 4.78 is 6.02. The lowest BCUT2D eigenvalue weighted by molar-refractivity contribution is 0.0761. The zero-order valence-corrected chi connectivity index (χ0v) is 12.6. The molecule has 1 aliphatic heterocycles. The van der Waals surface area contributed by atoms with E-state index in [9.17, 15) is 4.79 Å². The van der Waals surface area contributed by atoms with Gasteiger partial charge in [0.1, 0.15) is 12.4 Å². The molecule has 0 bridgehead atoms. The third-order valence-electron chi connectivity index (χ3n) is 3.52. The van der Waals surface area contributed by atoms with Crippen molar-refractivity contribution in [3.8, 4) is 5.75 Å². The Labute approximate surface area is 128 Å². The highest BCUT2D eigenvalue weighted by Crippen LogP contribution is 2.26. The monoisotopic (exact) mass is 302 g/mol. The number of aromatic nitrogens is 4. The Bertz CT molecular complexity index is 643. The summed E-state index contributed by atoms with van der Waals surface area (Å²) in [6.07, 6.45) is 3.80. The molecule has 8 nitrogen and oxygen atoms in total. The highest BCUT2D eigenvalue weighted by Gasteiger charge is 2.30. The number of ether oxygens (including phenoxy) is 1. The van der Waals surface area contributed by atoms with Crippen LogP contribution in [-0.2, 0) is 0 Å². The summed E-state index contributed by atoms with van der Waals surface area (Å²) in [6, 6.07) is 3.73. The maximum absolute atomic E-state index is 12.2. The molecule has 1 saturated heterocycles. The maximum atomic E-state index is 12.2. The van der Waals surface area contributed by atoms with Gasteiger partial charge in [-0.25, -0.2) is 9.97 Å². The third-order valence-corrected chi connectivity index (χ3v) is 3.52. The summed E-state index contributed by atoms with van der Waals surface area (Å²) in [6.45, 7) is 1.17. The number of carbonyl (C=O) groups is 1. The fourth-order valence-electron chi connectivity index (χ4n) is 2.46. The molecule has 1 aliphatic rings. The number of likely N-dealkylation sites (tertiary alicyclic amines) is 1. The standard InChI is InChI=1S/C14H18N6O2/c1-19(2)13-11(4-3-6-15-13)22-10-5-7-20(8-10)14(21)12-16-9-17-18-12/h3-4,6,9-10H,5,7-8H2,1-2H3,(H,16,17,18)/t10-/m1/s1. The molecule has 0 saturated carbocycles. The van der Waals surface area contributed by atoms with Crippen LogP contribution in [0.25, 0.3) is 0 Å². The van der Waals surface area contributed by atoms with E-state index in [1.54, 1.807) is 11.1 Å². The minimum absolute atomic E-state index is 0.0465. The van der Waals surface area contributed by atoms with Crippen molar-refractivity contribution in [3.05, 3.63) is 30.5 Å². The second-order valence-corrected chi connectivity index (χ2v) is 5.33. The molecule has 1 N–H and O–H groups in total. The second kappa shape index (κ2) is 6.00. The minimum Gasteiger partial charge on any atom is -0.485 e. The number of amides is 1. The summed E-state index contributed by atoms with van der Waals surface area (Å²) in [5.41, 5.74) is 0. The number of nitrogens with one attached hydrogen (secondary N) is 1. The topological polar surface area (TPSA) is 87.2 Å². The first-order chi connectivity index (χ1) is 10.6. The van der Waals surface area contributed by atoms with Gasteiger partial charge in [0.05, 0.1) is 6.54 Å². The first-order valence-electron chi connectivity index (χ1n) is 7.09. The smallest absolute Gasteiger partial charge is 0.291 e. The van der Waals surface area contributed by atoms with Crippen molar-refractivity contribution < 1.29 is 9.53 Å². The van der Waals surface area contributed by atoms with Gasteiger partial charge in [-0.1, -0.05) is 0 Å². The number of aromatic amines is 1. The fraction of sp³-hybridized carbons (Fsp3) is 0.429. The van der Waals surface area contributed by atoms with Crippen LogP contribution in [0.3, 0.4) is 0 Å². The van der Waals surface area contributed by atoms with Crippen molar-refractivity contribution in [3.63, 3.8) is 0 Å². The van der Waals surface area contributed by atoms with Crippen molar-refractivity contribution >= 4 is 11.7 Å². The van der Waals surface area contributed by atoms with Gasteiger partial charge in [-0.05, 0) is 12.1 Å². The van der Waals surface area contributed by atoms with Gasteiger partial charge in [-0.3, -0.25) is 9.89 Å². The highest BCUT2D eigenvalue weighted by atomic mass is 16.5. The number of nitrogens with zero attached hydrogens (tertiary/aromatic N) is 5. The minimum atomic E-state index is -0.150. The summed E-state index contributed by atoms with van der Waals surface area (Å²) in [7, 11) is 3.84. The van der Waals surface area contributed by atoms with E-state index >= 15 is 0 Å². The van der Waals surface area contributed by atoms with E-state index in [2.05, 4.69) is 20.2 Å². The first kappa shape index (κ1) is 14.3. The van der Waals surface area contributed by atoms with Crippen LogP contribution in [0.1, 0.15) is 17.0 Å². The Morgan fingerprint density at radius 3 is 3.05 bits per heavy atom. The fourth-order valence-corrected chi connectivity index (χ4v) is 2.46. The van der Waals surface area contributed by atoms with Crippen LogP contribution < -0.4 is 9.64 Å². The largest absolute Gasteiger partial charge is 0.485 e. The Balaban J connectivity index is 1.65. The van der Waals surface area contributed by atoms with Crippen LogP contribution in [0, 0.1) is 0 Å². The quantitative estimate of drug-likeness (QED) is 0.888. The molecule has 8 heteroatoms. The molecule has 0 aliphatic carbocycles. The van der Waals surface area contributed by atoms with Crippen molar-refractivity contribution in [1.82, 2.24) is 25.1 Å². The number of pyridine rings is 1. The molecule has 0 unspecified atom stereocenters. The van der Waals surface area contributed by atoms with E-state index in [-0.39, 0.29) is 17.8 Å². The number of rotatable bonds is 4. The molecule has 3 rings (SSSR count). The number of H-pyrrole nitrogens is 1. The lowest BCUT2D eigenvalue weighted by Gasteiger charge is -2.20. The zero-order chi connectivity index (χ0) is 15.5. The van der Waals surface area contributed by atoms with Gasteiger partial charge < -0.3 is 14.5 Å². The van der Waals surface area contributed by atoms with Gasteiger partial charge in [-0.15, -0.1) is 0 Å². The molecule has 3 heterocycles. The van der Waals surface area contributed by atoms with Crippen molar-refractivity contribution in [2.75, 3.05) is 32.1 Å². The predicted octanol–water partition coefficient (Wildman–Crippen LogP) is 0.559. The van der Waals surface area contributed by atoms with E-state index in [4.69, 9.17) is 4.74 Å². The lowest BCUT2D eigenvalue weighted by Crippen LogP contribution is -2.31. The molecule has 0 aromatic carbocycles. The third kappa shape index (κ3) is 2.85. The van der Waals surface area contributed by atoms with Crippen molar-refractivity contribution in [1.29, 1.82) is 0 Å². The van der Waals surface area contributed by atoms with Crippen LogP contribution in [0.5, 0.6) is 5.75 Å². The molecule has 0 radical (unpaired) electrons. The van der Waals surface area contributed by atoms with Crippen LogP contribution in [0.2, 0.25) is 0 Å². The Kier molecular flexibility index (Phi) is 3.90. The van der Waals surface area contributed by atoms with E-state index in [0.29, 0.717) is 13.1 Å². The molecule has 1 fully saturated rings. The van der Waals surface area contributed by atoms with Gasteiger partial charge in [0.2, 0.25) is 5.82 Å². The van der Waals surface area contributed by atoms with Crippen LogP contribution in [-0.4, -0.2) is 64.3 Å². The molecule has 0 spiro atoms. The van der Waals surface area contributed by atoms with Gasteiger partial charge >= 0.3 is 0 Å². The van der Waals surface area contributed by atoms with Gasteiger partial charge in [-0.2, -0.15) is 5.10 Å². The SMILES string of the molecule is CN(C)c1ncccc1O[C@@H]1CCN(C(=O)c2ncn[nH]2)C1. The molecular formula is C14H18N6O2. The molecule has 116 valence electrons. The zero-order valence-electron chi connectivity index (χ0n) is 12.6. The van der Waals surface area contributed by atoms with Crippen LogP contribution >= 0.6 is 0 Å². The van der Waals surface area contributed by atoms with Crippen LogP contribution in [0.4, 0.5) is 5.82 Å². The predicted molar refractivity (Wildman–Crippen MR) is 79.9 cm³/mol. The summed E-state index contributed by atoms with van der Waals surface area (Å²) in [5.74, 6) is 1.62. The van der Waals surface area contributed by atoms with Crippen LogP contribution in [0.15, 0.2) is 24.7 Å². The lowest BCUT2D eigenvalue weighted by atomic mass is 10.3. The first-order valence-corrected chi connectivity index (χ1v) is 7.09. The Morgan fingerprint density at radius 2 is 2.32 bits per heavy atom. The summed E-state index contributed by atoms with van der Waals surface area (Å²) >= 11 is 0. The van der Waals surface area contributed by atoms with Gasteiger partial charge in [0, 0.05) is 33.3 Å². The van der Waals surface area contributed by atoms with Gasteiger partial charge in [0.25, 0.3) is 5.91 Å². The summed E-state index contributed by atoms with van der Waals surface area (Å²) in [5, 5.41) is 6.30. The number of anilines is 1. The van der Waals surface area contributed by atoms with E-state index in [0.717, 1.165) is 18.0 Å². The van der Waals surface area contributed by atoms with E-state index < -0.39 is 0 Å². The maximum Gasteiger partial charge on any atom is 0.291 e. The molecule has 22 heavy (non-hydrogen) atoms. The normalized spacial score (nSPS) is 17.5. The molecular weight excluding hydrogens is 284 g/mol. The van der Waals surface area contributed by atoms with E-state index in [1.165, 1.54) is 6.33 Å². The second-order valence-electron chi connectivity index (χ2n) is 5.33.